The van der Waals surface area contributed by atoms with Crippen LogP contribution in [0.4, 0.5) is 0 Å². The predicted molar refractivity (Wildman–Crippen MR) is 99.8 cm³/mol. The summed E-state index contributed by atoms with van der Waals surface area (Å²) in [5.74, 6) is 1.40. The summed E-state index contributed by atoms with van der Waals surface area (Å²) >= 11 is 0. The molecule has 1 aromatic carbocycles. The molecule has 2 aromatic heterocycles. The number of benzene rings is 1. The van der Waals surface area contributed by atoms with E-state index < -0.39 is 0 Å². The van der Waals surface area contributed by atoms with Crippen molar-refractivity contribution in [3.8, 4) is 17.0 Å². The minimum Gasteiger partial charge on any atom is -0.508 e. The summed E-state index contributed by atoms with van der Waals surface area (Å²) in [5.41, 5.74) is 3.84. The van der Waals surface area contributed by atoms with Crippen LogP contribution in [0.15, 0.2) is 36.5 Å². The summed E-state index contributed by atoms with van der Waals surface area (Å²) in [6.07, 6.45) is 2.67. The van der Waals surface area contributed by atoms with Gasteiger partial charge < -0.3 is 10.0 Å². The highest BCUT2D eigenvalue weighted by atomic mass is 16.3. The lowest BCUT2D eigenvalue weighted by Gasteiger charge is -2.13. The van der Waals surface area contributed by atoms with E-state index in [0.717, 1.165) is 29.1 Å². The van der Waals surface area contributed by atoms with Gasteiger partial charge in [0.1, 0.15) is 17.3 Å². The Kier molecular flexibility index (Phi) is 4.35. The number of carbonyl (C=O) groups is 1. The molecule has 7 nitrogen and oxygen atoms in total. The van der Waals surface area contributed by atoms with Gasteiger partial charge in [0.25, 0.3) is 5.91 Å². The van der Waals surface area contributed by atoms with Crippen LogP contribution in [-0.2, 0) is 19.5 Å². The topological polar surface area (TPSA) is 95.0 Å². The summed E-state index contributed by atoms with van der Waals surface area (Å²) in [5, 5.41) is 16.4. The lowest BCUT2D eigenvalue weighted by Crippen LogP contribution is -2.25. The number of fused-ring (bicyclic) bond motifs is 1. The van der Waals surface area contributed by atoms with Crippen LogP contribution in [0.1, 0.15) is 41.4 Å². The van der Waals surface area contributed by atoms with Gasteiger partial charge >= 0.3 is 0 Å². The standard InChI is InChI=1S/C20H21N5O2/c1-12(2)7-19-21-9-14-10-25(11-18(14)22-19)20(27)17-8-16(23-24-17)13-3-5-15(26)6-4-13/h3-6,8-9,12,26H,7,10-11H2,1-2H3,(H,23,24). The van der Waals surface area contributed by atoms with E-state index in [4.69, 9.17) is 0 Å². The molecule has 1 aliphatic rings. The molecule has 0 saturated carbocycles. The highest BCUT2D eigenvalue weighted by molar-refractivity contribution is 5.93. The Hall–Kier alpha value is -3.22. The molecule has 0 fully saturated rings. The van der Waals surface area contributed by atoms with Crippen molar-refractivity contribution in [3.63, 3.8) is 0 Å². The molecule has 0 saturated heterocycles. The van der Waals surface area contributed by atoms with Gasteiger partial charge in [0.2, 0.25) is 0 Å². The molecule has 3 aromatic rings. The maximum Gasteiger partial charge on any atom is 0.272 e. The first-order valence-corrected chi connectivity index (χ1v) is 8.97. The number of phenols is 1. The average molecular weight is 363 g/mol. The van der Waals surface area contributed by atoms with Crippen molar-refractivity contribution in [1.29, 1.82) is 0 Å². The van der Waals surface area contributed by atoms with Gasteiger partial charge in [0.15, 0.2) is 0 Å². The monoisotopic (exact) mass is 363 g/mol. The summed E-state index contributed by atoms with van der Waals surface area (Å²) < 4.78 is 0. The fraction of sp³-hybridized carbons (Fsp3) is 0.300. The summed E-state index contributed by atoms with van der Waals surface area (Å²) in [6.45, 7) is 5.26. The first-order valence-electron chi connectivity index (χ1n) is 8.97. The molecule has 0 atom stereocenters. The minimum absolute atomic E-state index is 0.115. The molecule has 138 valence electrons. The maximum atomic E-state index is 12.8. The second-order valence-corrected chi connectivity index (χ2v) is 7.23. The van der Waals surface area contributed by atoms with Crippen molar-refractivity contribution < 1.29 is 9.90 Å². The largest absolute Gasteiger partial charge is 0.508 e. The van der Waals surface area contributed by atoms with Crippen LogP contribution in [0, 0.1) is 5.92 Å². The number of carbonyl (C=O) groups excluding carboxylic acids is 1. The molecule has 0 spiro atoms. The van der Waals surface area contributed by atoms with E-state index in [2.05, 4.69) is 34.0 Å². The zero-order chi connectivity index (χ0) is 19.0. The number of nitrogens with zero attached hydrogens (tertiary/aromatic N) is 4. The molecule has 2 N–H and O–H groups in total. The van der Waals surface area contributed by atoms with E-state index in [9.17, 15) is 9.90 Å². The lowest BCUT2D eigenvalue weighted by atomic mass is 10.1. The van der Waals surface area contributed by atoms with E-state index >= 15 is 0 Å². The normalized spacial score (nSPS) is 13.2. The molecule has 0 unspecified atom stereocenters. The van der Waals surface area contributed by atoms with Gasteiger partial charge in [-0.15, -0.1) is 0 Å². The van der Waals surface area contributed by atoms with Gasteiger partial charge in [-0.1, -0.05) is 13.8 Å². The van der Waals surface area contributed by atoms with Crippen molar-refractivity contribution >= 4 is 5.91 Å². The van der Waals surface area contributed by atoms with Crippen molar-refractivity contribution in [3.05, 3.63) is 59.3 Å². The average Bonchev–Trinajstić information content (AvgIpc) is 3.28. The number of aromatic nitrogens is 4. The zero-order valence-corrected chi connectivity index (χ0v) is 15.3. The molecular formula is C20H21N5O2. The highest BCUT2D eigenvalue weighted by Gasteiger charge is 2.27. The van der Waals surface area contributed by atoms with Crippen molar-refractivity contribution in [2.24, 2.45) is 5.92 Å². The molecule has 3 heterocycles. The zero-order valence-electron chi connectivity index (χ0n) is 15.3. The van der Waals surface area contributed by atoms with Gasteiger partial charge in [-0.05, 0) is 36.2 Å². The third-order valence-electron chi connectivity index (χ3n) is 4.56. The van der Waals surface area contributed by atoms with Crippen LogP contribution in [0.2, 0.25) is 0 Å². The van der Waals surface area contributed by atoms with Crippen LogP contribution in [0.3, 0.4) is 0 Å². The molecule has 0 bridgehead atoms. The third kappa shape index (κ3) is 3.53. The number of aromatic hydroxyl groups is 1. The molecule has 7 heteroatoms. The van der Waals surface area contributed by atoms with Crippen molar-refractivity contribution in [2.45, 2.75) is 33.4 Å². The number of hydrogen-bond donors (Lipinski definition) is 2. The highest BCUT2D eigenvalue weighted by Crippen LogP contribution is 2.25. The minimum atomic E-state index is -0.115. The van der Waals surface area contributed by atoms with Crippen molar-refractivity contribution in [1.82, 2.24) is 25.1 Å². The van der Waals surface area contributed by atoms with Crippen LogP contribution >= 0.6 is 0 Å². The van der Waals surface area contributed by atoms with E-state index in [1.807, 2.05) is 6.20 Å². The Morgan fingerprint density at radius 1 is 1.26 bits per heavy atom. The van der Waals surface area contributed by atoms with Gasteiger partial charge in [-0.2, -0.15) is 5.10 Å². The van der Waals surface area contributed by atoms with Gasteiger partial charge in [-0.3, -0.25) is 9.89 Å². The summed E-state index contributed by atoms with van der Waals surface area (Å²) in [6, 6.07) is 8.44. The SMILES string of the molecule is CC(C)Cc1ncc2c(n1)CN(C(=O)c1cc(-c3ccc(O)cc3)n[nH]1)C2. The van der Waals surface area contributed by atoms with E-state index in [1.165, 1.54) is 0 Å². The Morgan fingerprint density at radius 2 is 2.04 bits per heavy atom. The smallest absolute Gasteiger partial charge is 0.272 e. The quantitative estimate of drug-likeness (QED) is 0.743. The summed E-state index contributed by atoms with van der Waals surface area (Å²) in [4.78, 5) is 23.6. The number of rotatable bonds is 4. The first kappa shape index (κ1) is 17.2. The molecule has 0 aliphatic carbocycles. The van der Waals surface area contributed by atoms with Crippen LogP contribution in [0.25, 0.3) is 11.3 Å². The first-order chi connectivity index (χ1) is 13.0. The Balaban J connectivity index is 1.50. The Labute approximate surface area is 157 Å². The lowest BCUT2D eigenvalue weighted by molar-refractivity contribution is 0.0744. The number of nitrogens with one attached hydrogen (secondary N) is 1. The summed E-state index contributed by atoms with van der Waals surface area (Å²) in [7, 11) is 0. The van der Waals surface area contributed by atoms with E-state index in [-0.39, 0.29) is 11.7 Å². The molecule has 27 heavy (non-hydrogen) atoms. The number of phenolic OH excluding ortho intramolecular Hbond substituents is 1. The third-order valence-corrected chi connectivity index (χ3v) is 4.56. The van der Waals surface area contributed by atoms with Crippen molar-refractivity contribution in [2.75, 3.05) is 0 Å². The fourth-order valence-electron chi connectivity index (χ4n) is 3.18. The number of H-pyrrole nitrogens is 1. The van der Waals surface area contributed by atoms with Gasteiger partial charge in [0, 0.05) is 30.3 Å². The second-order valence-electron chi connectivity index (χ2n) is 7.23. The predicted octanol–water partition coefficient (Wildman–Crippen LogP) is 2.93. The Bertz CT molecular complexity index is 978. The van der Waals surface area contributed by atoms with Gasteiger partial charge in [-0.25, -0.2) is 9.97 Å². The second kappa shape index (κ2) is 6.83. The number of amides is 1. The maximum absolute atomic E-state index is 12.8. The van der Waals surface area contributed by atoms with Gasteiger partial charge in [0.05, 0.1) is 17.9 Å². The van der Waals surface area contributed by atoms with Crippen LogP contribution < -0.4 is 0 Å². The van der Waals surface area contributed by atoms with Crippen LogP contribution in [-0.4, -0.2) is 36.1 Å². The number of aromatic amines is 1. The number of hydrogen-bond acceptors (Lipinski definition) is 5. The van der Waals surface area contributed by atoms with E-state index in [1.54, 1.807) is 35.2 Å². The molecular weight excluding hydrogens is 342 g/mol. The molecule has 1 aliphatic heterocycles. The fourth-order valence-corrected chi connectivity index (χ4v) is 3.18. The Morgan fingerprint density at radius 3 is 2.78 bits per heavy atom. The molecule has 1 amide bonds. The van der Waals surface area contributed by atoms with E-state index in [0.29, 0.717) is 30.4 Å². The molecule has 4 rings (SSSR count). The van der Waals surface area contributed by atoms with Crippen LogP contribution in [0.5, 0.6) is 5.75 Å². The molecule has 0 radical (unpaired) electrons.